The monoisotopic (exact) mass is 390 g/mol. The fourth-order valence-electron chi connectivity index (χ4n) is 2.68. The lowest BCUT2D eigenvalue weighted by molar-refractivity contribution is 0.0600. The molecule has 1 amide bonds. The van der Waals surface area contributed by atoms with Crippen LogP contribution in [0.3, 0.4) is 0 Å². The predicted octanol–water partition coefficient (Wildman–Crippen LogP) is 3.56. The number of rotatable bonds is 8. The van der Waals surface area contributed by atoms with Crippen LogP contribution in [-0.4, -0.2) is 35.5 Å². The van der Waals surface area contributed by atoms with Gasteiger partial charge in [-0.15, -0.1) is 0 Å². The van der Waals surface area contributed by atoms with E-state index in [0.29, 0.717) is 22.8 Å². The zero-order valence-electron chi connectivity index (χ0n) is 16.1. The van der Waals surface area contributed by atoms with E-state index in [-0.39, 0.29) is 5.91 Å². The van der Waals surface area contributed by atoms with Crippen LogP contribution < -0.4 is 10.6 Å². The lowest BCUT2D eigenvalue weighted by atomic mass is 10.1. The number of aryl methyl sites for hydroxylation is 1. The summed E-state index contributed by atoms with van der Waals surface area (Å²) in [5, 5.41) is 5.90. The minimum Gasteiger partial charge on any atom is -0.465 e. The SMILES string of the molecule is COC(=O)c1ccc(NC(=O)c2cnc(NCCCc3ccccc3)nc2)cc1. The van der Waals surface area contributed by atoms with E-state index in [4.69, 9.17) is 0 Å². The van der Waals surface area contributed by atoms with Crippen LogP contribution in [0.1, 0.15) is 32.7 Å². The zero-order valence-corrected chi connectivity index (χ0v) is 16.1. The third kappa shape index (κ3) is 5.87. The maximum absolute atomic E-state index is 12.3. The summed E-state index contributed by atoms with van der Waals surface area (Å²) in [7, 11) is 1.32. The third-order valence-corrected chi connectivity index (χ3v) is 4.25. The first-order chi connectivity index (χ1) is 14.2. The quantitative estimate of drug-likeness (QED) is 0.451. The second-order valence-electron chi connectivity index (χ2n) is 6.33. The summed E-state index contributed by atoms with van der Waals surface area (Å²) in [5.74, 6) is -0.272. The Morgan fingerprint density at radius 3 is 2.28 bits per heavy atom. The van der Waals surface area contributed by atoms with Gasteiger partial charge in [-0.05, 0) is 42.7 Å². The van der Waals surface area contributed by atoms with Crippen LogP contribution in [0.5, 0.6) is 0 Å². The summed E-state index contributed by atoms with van der Waals surface area (Å²) >= 11 is 0. The Hall–Kier alpha value is -3.74. The lowest BCUT2D eigenvalue weighted by Crippen LogP contribution is -2.14. The van der Waals surface area contributed by atoms with Crippen molar-refractivity contribution in [2.24, 2.45) is 0 Å². The molecule has 0 aliphatic rings. The van der Waals surface area contributed by atoms with Gasteiger partial charge in [0.25, 0.3) is 5.91 Å². The number of esters is 1. The molecule has 0 radical (unpaired) electrons. The van der Waals surface area contributed by atoms with Gasteiger partial charge in [0.2, 0.25) is 5.95 Å². The van der Waals surface area contributed by atoms with Crippen LogP contribution in [0.4, 0.5) is 11.6 Å². The van der Waals surface area contributed by atoms with Crippen LogP contribution in [0.2, 0.25) is 0 Å². The van der Waals surface area contributed by atoms with Crippen molar-refractivity contribution in [2.45, 2.75) is 12.8 Å². The molecule has 3 aromatic rings. The van der Waals surface area contributed by atoms with Gasteiger partial charge in [-0.25, -0.2) is 14.8 Å². The highest BCUT2D eigenvalue weighted by Crippen LogP contribution is 2.12. The average Bonchev–Trinajstić information content (AvgIpc) is 2.78. The van der Waals surface area contributed by atoms with Gasteiger partial charge in [0.1, 0.15) is 0 Å². The maximum Gasteiger partial charge on any atom is 0.337 e. The number of carbonyl (C=O) groups excluding carboxylic acids is 2. The topological polar surface area (TPSA) is 93.2 Å². The van der Waals surface area contributed by atoms with Gasteiger partial charge in [0, 0.05) is 24.6 Å². The number of aromatic nitrogens is 2. The fourth-order valence-corrected chi connectivity index (χ4v) is 2.68. The van der Waals surface area contributed by atoms with Crippen molar-refractivity contribution < 1.29 is 14.3 Å². The predicted molar refractivity (Wildman–Crippen MR) is 111 cm³/mol. The number of ether oxygens (including phenoxy) is 1. The molecule has 148 valence electrons. The van der Waals surface area contributed by atoms with Crippen LogP contribution in [0.15, 0.2) is 67.0 Å². The second-order valence-corrected chi connectivity index (χ2v) is 6.33. The number of hydrogen-bond donors (Lipinski definition) is 2. The summed E-state index contributed by atoms with van der Waals surface area (Å²) in [6.07, 6.45) is 4.88. The van der Waals surface area contributed by atoms with E-state index in [1.807, 2.05) is 18.2 Å². The maximum atomic E-state index is 12.3. The summed E-state index contributed by atoms with van der Waals surface area (Å²) in [6.45, 7) is 0.743. The van der Waals surface area contributed by atoms with Gasteiger partial charge in [-0.1, -0.05) is 30.3 Å². The second kappa shape index (κ2) is 9.98. The normalized spacial score (nSPS) is 10.2. The van der Waals surface area contributed by atoms with Crippen molar-refractivity contribution in [3.05, 3.63) is 83.7 Å². The van der Waals surface area contributed by atoms with E-state index in [1.165, 1.54) is 25.1 Å². The molecular formula is C22H22N4O3. The van der Waals surface area contributed by atoms with Gasteiger partial charge in [-0.2, -0.15) is 0 Å². The molecule has 0 aliphatic carbocycles. The molecule has 7 nitrogen and oxygen atoms in total. The number of nitrogens with zero attached hydrogens (tertiary/aromatic N) is 2. The Bertz CT molecular complexity index is 942. The van der Waals surface area contributed by atoms with Crippen molar-refractivity contribution in [1.82, 2.24) is 9.97 Å². The van der Waals surface area contributed by atoms with Gasteiger partial charge < -0.3 is 15.4 Å². The number of anilines is 2. The molecule has 0 bridgehead atoms. The third-order valence-electron chi connectivity index (χ3n) is 4.25. The summed E-state index contributed by atoms with van der Waals surface area (Å²) < 4.78 is 4.65. The van der Waals surface area contributed by atoms with Crippen LogP contribution in [0.25, 0.3) is 0 Å². The molecule has 0 saturated carbocycles. The molecule has 1 heterocycles. The van der Waals surface area contributed by atoms with Gasteiger partial charge in [-0.3, -0.25) is 4.79 Å². The van der Waals surface area contributed by atoms with E-state index < -0.39 is 5.97 Å². The van der Waals surface area contributed by atoms with E-state index in [1.54, 1.807) is 24.3 Å². The number of carbonyl (C=O) groups is 2. The Morgan fingerprint density at radius 1 is 0.931 bits per heavy atom. The Balaban J connectivity index is 1.47. The molecule has 0 unspecified atom stereocenters. The van der Waals surface area contributed by atoms with Crippen molar-refractivity contribution in [1.29, 1.82) is 0 Å². The number of benzene rings is 2. The summed E-state index contributed by atoms with van der Waals surface area (Å²) in [6, 6.07) is 16.7. The summed E-state index contributed by atoms with van der Waals surface area (Å²) in [5.41, 5.74) is 2.61. The smallest absolute Gasteiger partial charge is 0.337 e. The number of amides is 1. The zero-order chi connectivity index (χ0) is 20.5. The lowest BCUT2D eigenvalue weighted by Gasteiger charge is -2.07. The molecule has 1 aromatic heterocycles. The van der Waals surface area contributed by atoms with Gasteiger partial charge >= 0.3 is 5.97 Å². The number of hydrogen-bond acceptors (Lipinski definition) is 6. The molecular weight excluding hydrogens is 368 g/mol. The minimum absolute atomic E-state index is 0.327. The standard InChI is InChI=1S/C22H22N4O3/c1-29-21(28)17-9-11-19(12-10-17)26-20(27)18-14-24-22(25-15-18)23-13-5-8-16-6-3-2-4-7-16/h2-4,6-7,9-12,14-15H,5,8,13H2,1H3,(H,26,27)(H,23,24,25). The van der Waals surface area contributed by atoms with E-state index in [9.17, 15) is 9.59 Å². The molecule has 7 heteroatoms. The van der Waals surface area contributed by atoms with Gasteiger partial charge in [0.05, 0.1) is 18.2 Å². The van der Waals surface area contributed by atoms with Crippen molar-refractivity contribution >= 4 is 23.5 Å². The van der Waals surface area contributed by atoms with E-state index >= 15 is 0 Å². The Labute approximate surface area is 169 Å². The first kappa shape index (κ1) is 20.0. The molecule has 0 atom stereocenters. The average molecular weight is 390 g/mol. The highest BCUT2D eigenvalue weighted by molar-refractivity contribution is 6.04. The number of methoxy groups -OCH3 is 1. The molecule has 29 heavy (non-hydrogen) atoms. The van der Waals surface area contributed by atoms with E-state index in [0.717, 1.165) is 19.4 Å². The minimum atomic E-state index is -0.428. The summed E-state index contributed by atoms with van der Waals surface area (Å²) in [4.78, 5) is 32.1. The molecule has 0 spiro atoms. The molecule has 3 rings (SSSR count). The Kier molecular flexibility index (Phi) is 6.89. The van der Waals surface area contributed by atoms with Crippen LogP contribution in [0, 0.1) is 0 Å². The first-order valence-electron chi connectivity index (χ1n) is 9.25. The molecule has 0 fully saturated rings. The number of nitrogens with one attached hydrogen (secondary N) is 2. The largest absolute Gasteiger partial charge is 0.465 e. The van der Waals surface area contributed by atoms with Crippen molar-refractivity contribution in [2.75, 3.05) is 24.3 Å². The molecule has 2 aromatic carbocycles. The van der Waals surface area contributed by atoms with Gasteiger partial charge in [0.15, 0.2) is 0 Å². The highest BCUT2D eigenvalue weighted by atomic mass is 16.5. The highest BCUT2D eigenvalue weighted by Gasteiger charge is 2.09. The van der Waals surface area contributed by atoms with Crippen molar-refractivity contribution in [3.63, 3.8) is 0 Å². The fraction of sp³-hybridized carbons (Fsp3) is 0.182. The van der Waals surface area contributed by atoms with Crippen LogP contribution >= 0.6 is 0 Å². The molecule has 0 saturated heterocycles. The van der Waals surface area contributed by atoms with E-state index in [2.05, 4.69) is 37.5 Å². The molecule has 2 N–H and O–H groups in total. The van der Waals surface area contributed by atoms with Crippen molar-refractivity contribution in [3.8, 4) is 0 Å². The van der Waals surface area contributed by atoms with Crippen LogP contribution in [-0.2, 0) is 11.2 Å². The Morgan fingerprint density at radius 2 is 1.62 bits per heavy atom. The first-order valence-corrected chi connectivity index (χ1v) is 9.25. The molecule has 0 aliphatic heterocycles.